The van der Waals surface area contributed by atoms with E-state index in [0.717, 1.165) is 22.0 Å². The summed E-state index contributed by atoms with van der Waals surface area (Å²) in [6.45, 7) is 1.95. The number of para-hydroxylation sites is 1. The third kappa shape index (κ3) is 4.00. The number of carbonyl (C=O) groups excluding carboxylic acids is 1. The lowest BCUT2D eigenvalue weighted by molar-refractivity contribution is -0.139. The Bertz CT molecular complexity index is 955. The highest BCUT2D eigenvalue weighted by molar-refractivity contribution is 6.04. The molecule has 3 aromatic rings. The van der Waals surface area contributed by atoms with Gasteiger partial charge in [0.15, 0.2) is 5.78 Å². The highest BCUT2D eigenvalue weighted by Gasteiger charge is 2.18. The van der Waals surface area contributed by atoms with Crippen LogP contribution in [0.2, 0.25) is 0 Å². The second-order valence-corrected chi connectivity index (χ2v) is 6.18. The number of ketones is 1. The number of H-pyrrole nitrogens is 1. The summed E-state index contributed by atoms with van der Waals surface area (Å²) in [5.41, 5.74) is 3.53. The second-order valence-electron chi connectivity index (χ2n) is 6.18. The molecular formula is C21H20N2O3. The Morgan fingerprint density at radius 2 is 1.88 bits per heavy atom. The van der Waals surface area contributed by atoms with Gasteiger partial charge in [-0.2, -0.15) is 0 Å². The summed E-state index contributed by atoms with van der Waals surface area (Å²) in [6.07, 6.45) is 4.90. The van der Waals surface area contributed by atoms with Crippen LogP contribution in [0.25, 0.3) is 10.9 Å². The monoisotopic (exact) mass is 348 g/mol. The molecule has 0 aliphatic rings. The summed E-state index contributed by atoms with van der Waals surface area (Å²) in [4.78, 5) is 26.8. The molecule has 0 saturated heterocycles. The number of hydrogen-bond acceptors (Lipinski definition) is 3. The van der Waals surface area contributed by atoms with Crippen molar-refractivity contribution in [2.75, 3.05) is 0 Å². The number of rotatable bonds is 7. The van der Waals surface area contributed by atoms with E-state index in [9.17, 15) is 14.7 Å². The van der Waals surface area contributed by atoms with Crippen molar-refractivity contribution in [3.63, 3.8) is 0 Å². The summed E-state index contributed by atoms with van der Waals surface area (Å²) in [5.74, 6) is -1.14. The van der Waals surface area contributed by atoms with Crippen molar-refractivity contribution in [3.05, 3.63) is 83.7 Å². The predicted octanol–water partition coefficient (Wildman–Crippen LogP) is 3.46. The molecule has 1 atom stereocenters. The van der Waals surface area contributed by atoms with Gasteiger partial charge in [0.05, 0.1) is 0 Å². The van der Waals surface area contributed by atoms with Crippen LogP contribution in [0.4, 0.5) is 0 Å². The molecule has 5 heteroatoms. The molecule has 0 unspecified atom stereocenters. The number of aromatic amines is 1. The molecule has 3 rings (SSSR count). The second kappa shape index (κ2) is 7.70. The lowest BCUT2D eigenvalue weighted by Gasteiger charge is -2.12. The van der Waals surface area contributed by atoms with Crippen molar-refractivity contribution < 1.29 is 14.7 Å². The first-order valence-electron chi connectivity index (χ1n) is 8.36. The molecule has 5 nitrogen and oxygen atoms in total. The minimum atomic E-state index is -0.970. The van der Waals surface area contributed by atoms with Gasteiger partial charge in [-0.1, -0.05) is 48.0 Å². The first-order chi connectivity index (χ1) is 12.5. The third-order valence-corrected chi connectivity index (χ3v) is 4.27. The molecule has 132 valence electrons. The maximum absolute atomic E-state index is 12.1. The van der Waals surface area contributed by atoms with Crippen LogP contribution in [-0.2, 0) is 11.2 Å². The van der Waals surface area contributed by atoms with Gasteiger partial charge >= 0.3 is 5.97 Å². The Balaban J connectivity index is 1.68. The topological polar surface area (TPSA) is 82.2 Å². The zero-order valence-electron chi connectivity index (χ0n) is 14.4. The van der Waals surface area contributed by atoms with Gasteiger partial charge < -0.3 is 15.4 Å². The molecule has 1 aromatic heterocycles. The summed E-state index contributed by atoms with van der Waals surface area (Å²) in [7, 11) is 0. The molecule has 0 spiro atoms. The molecule has 3 N–H and O–H groups in total. The number of hydrogen-bond donors (Lipinski definition) is 3. The molecule has 1 heterocycles. The van der Waals surface area contributed by atoms with E-state index in [2.05, 4.69) is 10.3 Å². The van der Waals surface area contributed by atoms with Crippen LogP contribution in [0.5, 0.6) is 0 Å². The van der Waals surface area contributed by atoms with E-state index in [1.165, 1.54) is 12.3 Å². The van der Waals surface area contributed by atoms with Crippen molar-refractivity contribution >= 4 is 22.7 Å². The van der Waals surface area contributed by atoms with Crippen LogP contribution >= 0.6 is 0 Å². The van der Waals surface area contributed by atoms with E-state index in [4.69, 9.17) is 0 Å². The normalized spacial score (nSPS) is 12.3. The van der Waals surface area contributed by atoms with Crippen molar-refractivity contribution in [2.24, 2.45) is 0 Å². The lowest BCUT2D eigenvalue weighted by atomic mass is 10.1. The molecule has 0 fully saturated rings. The number of aliphatic carboxylic acids is 1. The quantitative estimate of drug-likeness (QED) is 0.451. The summed E-state index contributed by atoms with van der Waals surface area (Å²) < 4.78 is 0. The van der Waals surface area contributed by atoms with Gasteiger partial charge in [0.2, 0.25) is 0 Å². The Morgan fingerprint density at radius 1 is 1.15 bits per heavy atom. The minimum absolute atomic E-state index is 0.172. The van der Waals surface area contributed by atoms with Crippen LogP contribution in [0.3, 0.4) is 0 Å². The van der Waals surface area contributed by atoms with Gasteiger partial charge in [0.1, 0.15) is 6.04 Å². The maximum Gasteiger partial charge on any atom is 0.326 e. The third-order valence-electron chi connectivity index (χ3n) is 4.27. The van der Waals surface area contributed by atoms with E-state index < -0.39 is 12.0 Å². The number of allylic oxidation sites excluding steroid dienone is 1. The Morgan fingerprint density at radius 3 is 2.62 bits per heavy atom. The zero-order valence-corrected chi connectivity index (χ0v) is 14.4. The molecule has 0 saturated carbocycles. The fourth-order valence-electron chi connectivity index (χ4n) is 2.79. The maximum atomic E-state index is 12.1. The zero-order chi connectivity index (χ0) is 18.5. The average molecular weight is 348 g/mol. The van der Waals surface area contributed by atoms with Gasteiger partial charge in [0, 0.05) is 41.4 Å². The fraction of sp³-hybridized carbons (Fsp3) is 0.143. The highest BCUT2D eigenvalue weighted by atomic mass is 16.4. The van der Waals surface area contributed by atoms with Crippen molar-refractivity contribution in [1.29, 1.82) is 0 Å². The first kappa shape index (κ1) is 17.5. The van der Waals surface area contributed by atoms with E-state index in [1.807, 2.05) is 49.5 Å². The van der Waals surface area contributed by atoms with Gasteiger partial charge in [0.25, 0.3) is 0 Å². The van der Waals surface area contributed by atoms with Crippen LogP contribution in [0.1, 0.15) is 21.5 Å². The van der Waals surface area contributed by atoms with Crippen molar-refractivity contribution in [1.82, 2.24) is 10.3 Å². The number of aryl methyl sites for hydroxylation is 1. The van der Waals surface area contributed by atoms with E-state index in [-0.39, 0.29) is 5.78 Å². The van der Waals surface area contributed by atoms with Gasteiger partial charge in [-0.15, -0.1) is 0 Å². The number of nitrogens with one attached hydrogen (secondary N) is 2. The molecular weight excluding hydrogens is 328 g/mol. The van der Waals surface area contributed by atoms with Crippen LogP contribution in [0, 0.1) is 6.92 Å². The number of carboxylic acid groups (broad SMARTS) is 1. The van der Waals surface area contributed by atoms with Crippen LogP contribution < -0.4 is 5.32 Å². The number of carboxylic acids is 1. The SMILES string of the molecule is Cc1ccc(C(=O)/C=C\N[C@H](Cc2c[nH]c3ccccc23)C(=O)O)cc1. The Hall–Kier alpha value is -3.34. The predicted molar refractivity (Wildman–Crippen MR) is 101 cm³/mol. The number of aromatic nitrogens is 1. The van der Waals surface area contributed by atoms with Crippen molar-refractivity contribution in [2.45, 2.75) is 19.4 Å². The largest absolute Gasteiger partial charge is 0.480 e. The molecule has 0 radical (unpaired) electrons. The van der Waals surface area contributed by atoms with Crippen LogP contribution in [-0.4, -0.2) is 27.9 Å². The summed E-state index contributed by atoms with van der Waals surface area (Å²) in [5, 5.41) is 13.3. The number of benzene rings is 2. The molecule has 0 aliphatic heterocycles. The Labute approximate surface area is 151 Å². The van der Waals surface area contributed by atoms with E-state index in [0.29, 0.717) is 12.0 Å². The summed E-state index contributed by atoms with van der Waals surface area (Å²) in [6, 6.07) is 14.2. The van der Waals surface area contributed by atoms with Gasteiger partial charge in [-0.3, -0.25) is 4.79 Å². The molecule has 0 bridgehead atoms. The number of carbonyl (C=O) groups is 2. The first-order valence-corrected chi connectivity index (χ1v) is 8.36. The fourth-order valence-corrected chi connectivity index (χ4v) is 2.79. The standard InChI is InChI=1S/C21H20N2O3/c1-14-6-8-15(9-7-14)20(24)10-11-22-19(21(25)26)12-16-13-23-18-5-3-2-4-17(16)18/h2-11,13,19,22-23H,12H2,1H3,(H,25,26)/b11-10-/t19-/m1/s1. The van der Waals surface area contributed by atoms with Crippen molar-refractivity contribution in [3.8, 4) is 0 Å². The van der Waals surface area contributed by atoms with E-state index >= 15 is 0 Å². The highest BCUT2D eigenvalue weighted by Crippen LogP contribution is 2.19. The summed E-state index contributed by atoms with van der Waals surface area (Å²) >= 11 is 0. The molecule has 0 amide bonds. The lowest BCUT2D eigenvalue weighted by Crippen LogP contribution is -2.35. The van der Waals surface area contributed by atoms with Gasteiger partial charge in [-0.05, 0) is 18.6 Å². The average Bonchev–Trinajstić information content (AvgIpc) is 3.04. The Kier molecular flexibility index (Phi) is 5.17. The van der Waals surface area contributed by atoms with E-state index in [1.54, 1.807) is 12.1 Å². The molecule has 2 aromatic carbocycles. The minimum Gasteiger partial charge on any atom is -0.480 e. The number of fused-ring (bicyclic) bond motifs is 1. The van der Waals surface area contributed by atoms with Crippen LogP contribution in [0.15, 0.2) is 67.0 Å². The molecule has 0 aliphatic carbocycles. The molecule has 26 heavy (non-hydrogen) atoms. The van der Waals surface area contributed by atoms with Gasteiger partial charge in [-0.25, -0.2) is 4.79 Å². The smallest absolute Gasteiger partial charge is 0.326 e.